The van der Waals surface area contributed by atoms with Crippen LogP contribution in [0.1, 0.15) is 36.5 Å². The van der Waals surface area contributed by atoms with E-state index in [9.17, 15) is 15.3 Å². The van der Waals surface area contributed by atoms with E-state index >= 15 is 0 Å². The van der Waals surface area contributed by atoms with Crippen LogP contribution < -0.4 is 0 Å². The lowest BCUT2D eigenvalue weighted by atomic mass is 9.92. The fraction of sp³-hybridized carbons (Fsp3) is 0.625. The number of aliphatic hydroxyl groups excluding tert-OH is 2. The highest BCUT2D eigenvalue weighted by Crippen LogP contribution is 2.51. The van der Waals surface area contributed by atoms with Gasteiger partial charge in [0, 0.05) is 17.6 Å². The summed E-state index contributed by atoms with van der Waals surface area (Å²) in [6.07, 6.45) is 1.13. The first-order valence-electron chi connectivity index (χ1n) is 7.54. The molecule has 1 aromatic rings. The number of fused-ring (bicyclic) bond motifs is 1. The summed E-state index contributed by atoms with van der Waals surface area (Å²) in [6, 6.07) is 5.37. The summed E-state index contributed by atoms with van der Waals surface area (Å²) in [5.74, 6) is 0.174. The number of hydrogen-bond donors (Lipinski definition) is 3. The Morgan fingerprint density at radius 2 is 2.10 bits per heavy atom. The molecule has 5 nitrogen and oxygen atoms in total. The molecule has 0 aromatic heterocycles. The molecule has 21 heavy (non-hydrogen) atoms. The predicted molar refractivity (Wildman–Crippen MR) is 74.1 cm³/mol. The molecule has 3 N–H and O–H groups in total. The van der Waals surface area contributed by atoms with Crippen LogP contribution in [0.15, 0.2) is 18.2 Å². The van der Waals surface area contributed by atoms with Gasteiger partial charge in [0.15, 0.2) is 0 Å². The number of benzene rings is 1. The number of phenolic OH excluding ortho intramolecular Hbond substituents is 1. The summed E-state index contributed by atoms with van der Waals surface area (Å²) in [5.41, 5.74) is 1.28. The summed E-state index contributed by atoms with van der Waals surface area (Å²) >= 11 is 0. The first kappa shape index (κ1) is 13.5. The van der Waals surface area contributed by atoms with Crippen LogP contribution in [0.2, 0.25) is 0 Å². The van der Waals surface area contributed by atoms with Crippen molar-refractivity contribution in [2.45, 2.75) is 49.1 Å². The third kappa shape index (κ3) is 1.99. The summed E-state index contributed by atoms with van der Waals surface area (Å²) in [4.78, 5) is 0. The maximum Gasteiger partial charge on any atom is 0.119 e. The smallest absolute Gasteiger partial charge is 0.119 e. The minimum Gasteiger partial charge on any atom is -0.508 e. The molecule has 0 spiro atoms. The van der Waals surface area contributed by atoms with E-state index in [0.717, 1.165) is 30.4 Å². The molecule has 1 saturated carbocycles. The van der Waals surface area contributed by atoms with E-state index in [4.69, 9.17) is 9.47 Å². The van der Waals surface area contributed by atoms with Gasteiger partial charge in [-0.3, -0.25) is 0 Å². The zero-order chi connectivity index (χ0) is 14.6. The number of hydrogen-bond acceptors (Lipinski definition) is 5. The molecule has 4 unspecified atom stereocenters. The van der Waals surface area contributed by atoms with Gasteiger partial charge in [0.2, 0.25) is 0 Å². The predicted octanol–water partition coefficient (Wildman–Crippen LogP) is 1.01. The molecule has 2 heterocycles. The minimum atomic E-state index is -0.699. The van der Waals surface area contributed by atoms with Gasteiger partial charge in [0.1, 0.15) is 24.1 Å². The van der Waals surface area contributed by atoms with E-state index in [1.807, 2.05) is 12.1 Å². The molecule has 114 valence electrons. The van der Waals surface area contributed by atoms with Crippen LogP contribution in [0.5, 0.6) is 5.75 Å². The van der Waals surface area contributed by atoms with Crippen LogP contribution in [0, 0.1) is 0 Å². The quantitative estimate of drug-likeness (QED) is 0.775. The van der Waals surface area contributed by atoms with Crippen molar-refractivity contribution in [3.05, 3.63) is 29.3 Å². The lowest BCUT2D eigenvalue weighted by Crippen LogP contribution is -2.28. The van der Waals surface area contributed by atoms with Crippen molar-refractivity contribution in [3.8, 4) is 5.75 Å². The Morgan fingerprint density at radius 1 is 1.29 bits per heavy atom. The van der Waals surface area contributed by atoms with Crippen LogP contribution in [-0.4, -0.2) is 46.8 Å². The minimum absolute atomic E-state index is 0.0560. The second kappa shape index (κ2) is 4.68. The lowest BCUT2D eigenvalue weighted by molar-refractivity contribution is -0.0119. The van der Waals surface area contributed by atoms with Gasteiger partial charge in [0.05, 0.1) is 12.7 Å². The zero-order valence-corrected chi connectivity index (χ0v) is 11.7. The van der Waals surface area contributed by atoms with Crippen LogP contribution in [0.25, 0.3) is 0 Å². The molecule has 1 aromatic carbocycles. The standard InChI is InChI=1S/C16H20O5/c17-8-16(4-5-16)10-2-1-9(7-11(10)18)14-13(19)15-12(21-14)3-6-20-15/h1-2,7,12-15,17-19H,3-6,8H2. The number of rotatable bonds is 3. The fourth-order valence-electron chi connectivity index (χ4n) is 3.61. The van der Waals surface area contributed by atoms with E-state index in [-0.39, 0.29) is 30.0 Å². The molecule has 0 bridgehead atoms. The monoisotopic (exact) mass is 292 g/mol. The maximum absolute atomic E-state index is 10.3. The van der Waals surface area contributed by atoms with E-state index in [1.54, 1.807) is 6.07 Å². The summed E-state index contributed by atoms with van der Waals surface area (Å²) in [7, 11) is 0. The Balaban J connectivity index is 1.61. The molecule has 0 amide bonds. The maximum atomic E-state index is 10.3. The van der Waals surface area contributed by atoms with Crippen LogP contribution in [0.4, 0.5) is 0 Å². The number of aliphatic hydroxyl groups is 2. The largest absolute Gasteiger partial charge is 0.508 e. The average molecular weight is 292 g/mol. The Morgan fingerprint density at radius 3 is 2.71 bits per heavy atom. The lowest BCUT2D eigenvalue weighted by Gasteiger charge is -2.20. The number of aromatic hydroxyl groups is 1. The Labute approximate surface area is 123 Å². The number of phenols is 1. The molecule has 3 fully saturated rings. The van der Waals surface area contributed by atoms with Crippen molar-refractivity contribution in [1.29, 1.82) is 0 Å². The van der Waals surface area contributed by atoms with Gasteiger partial charge >= 0.3 is 0 Å². The van der Waals surface area contributed by atoms with Gasteiger partial charge in [-0.05, 0) is 30.9 Å². The molecule has 4 atom stereocenters. The van der Waals surface area contributed by atoms with Gasteiger partial charge in [-0.1, -0.05) is 12.1 Å². The van der Waals surface area contributed by atoms with E-state index in [1.165, 1.54) is 0 Å². The van der Waals surface area contributed by atoms with Crippen molar-refractivity contribution in [2.24, 2.45) is 0 Å². The second-order valence-electron chi connectivity index (χ2n) is 6.42. The zero-order valence-electron chi connectivity index (χ0n) is 11.7. The third-order valence-corrected chi connectivity index (χ3v) is 5.13. The summed E-state index contributed by atoms with van der Waals surface area (Å²) < 4.78 is 11.4. The van der Waals surface area contributed by atoms with Crippen molar-refractivity contribution >= 4 is 0 Å². The van der Waals surface area contributed by atoms with Crippen LogP contribution in [0.3, 0.4) is 0 Å². The summed E-state index contributed by atoms with van der Waals surface area (Å²) in [6.45, 7) is 0.683. The van der Waals surface area contributed by atoms with E-state index in [0.29, 0.717) is 6.61 Å². The molecule has 1 aliphatic carbocycles. The molecule has 5 heteroatoms. The van der Waals surface area contributed by atoms with E-state index in [2.05, 4.69) is 0 Å². The van der Waals surface area contributed by atoms with Gasteiger partial charge < -0.3 is 24.8 Å². The van der Waals surface area contributed by atoms with E-state index < -0.39 is 12.2 Å². The third-order valence-electron chi connectivity index (χ3n) is 5.13. The topological polar surface area (TPSA) is 79.2 Å². The first-order valence-corrected chi connectivity index (χ1v) is 7.54. The summed E-state index contributed by atoms with van der Waals surface area (Å²) in [5, 5.41) is 30.1. The van der Waals surface area contributed by atoms with Crippen LogP contribution in [-0.2, 0) is 14.9 Å². The highest BCUT2D eigenvalue weighted by atomic mass is 16.6. The van der Waals surface area contributed by atoms with Gasteiger partial charge in [-0.2, -0.15) is 0 Å². The molecule has 4 rings (SSSR count). The highest BCUT2D eigenvalue weighted by Gasteiger charge is 2.49. The molecular formula is C16H20O5. The molecule has 0 radical (unpaired) electrons. The Hall–Kier alpha value is -1.14. The highest BCUT2D eigenvalue weighted by molar-refractivity contribution is 5.45. The SMILES string of the molecule is OCC1(c2ccc(C3OC4CCOC4C3O)cc2O)CC1. The molecular weight excluding hydrogens is 272 g/mol. The van der Waals surface area contributed by atoms with Gasteiger partial charge in [0.25, 0.3) is 0 Å². The van der Waals surface area contributed by atoms with Crippen molar-refractivity contribution in [2.75, 3.05) is 13.2 Å². The normalized spacial score (nSPS) is 36.7. The van der Waals surface area contributed by atoms with Crippen LogP contribution >= 0.6 is 0 Å². The van der Waals surface area contributed by atoms with Crippen molar-refractivity contribution in [3.63, 3.8) is 0 Å². The number of ether oxygens (including phenoxy) is 2. The van der Waals surface area contributed by atoms with Crippen molar-refractivity contribution < 1.29 is 24.8 Å². The second-order valence-corrected chi connectivity index (χ2v) is 6.42. The van der Waals surface area contributed by atoms with Gasteiger partial charge in [-0.25, -0.2) is 0 Å². The van der Waals surface area contributed by atoms with Gasteiger partial charge in [-0.15, -0.1) is 0 Å². The molecule has 3 aliphatic rings. The van der Waals surface area contributed by atoms with Crippen molar-refractivity contribution in [1.82, 2.24) is 0 Å². The fourth-order valence-corrected chi connectivity index (χ4v) is 3.61. The Kier molecular flexibility index (Phi) is 3.01. The Bertz CT molecular complexity index is 554. The molecule has 2 aliphatic heterocycles. The molecule has 2 saturated heterocycles. The average Bonchev–Trinajstić information content (AvgIpc) is 3.02. The first-order chi connectivity index (χ1) is 10.1.